The Kier molecular flexibility index (Phi) is 2.84. The van der Waals surface area contributed by atoms with Gasteiger partial charge in [-0.15, -0.1) is 0 Å². The van der Waals surface area contributed by atoms with Crippen LogP contribution in [0, 0.1) is 0 Å². The highest BCUT2D eigenvalue weighted by Gasteiger charge is 2.11. The van der Waals surface area contributed by atoms with E-state index in [-0.39, 0.29) is 6.61 Å². The Bertz CT molecular complexity index is 979. The molecular weight excluding hydrogens is 276 g/mol. The number of nitrogens with two attached hydrogens (primary N) is 1. The molecule has 0 aliphatic rings. The molecule has 1 amide bonds. The molecule has 4 nitrogen and oxygen atoms in total. The van der Waals surface area contributed by atoms with Crippen molar-refractivity contribution < 1.29 is 9.53 Å². The lowest BCUT2D eigenvalue weighted by Crippen LogP contribution is -2.30. The first-order valence-electron chi connectivity index (χ1n) is 7.07. The fourth-order valence-electron chi connectivity index (χ4n) is 3.11. The number of amides is 1. The van der Waals surface area contributed by atoms with Gasteiger partial charge in [0.1, 0.15) is 6.61 Å². The SMILES string of the molecule is NNC(=O)OCc1ccc2ccc3cccc4ccc1c2c34. The molecule has 0 radical (unpaired) electrons. The summed E-state index contributed by atoms with van der Waals surface area (Å²) in [5, 5.41) is 7.19. The Morgan fingerprint density at radius 3 is 2.27 bits per heavy atom. The van der Waals surface area contributed by atoms with Gasteiger partial charge in [-0.2, -0.15) is 0 Å². The summed E-state index contributed by atoms with van der Waals surface area (Å²) in [5.74, 6) is 5.04. The van der Waals surface area contributed by atoms with Crippen molar-refractivity contribution in [2.75, 3.05) is 0 Å². The summed E-state index contributed by atoms with van der Waals surface area (Å²) in [6.45, 7) is 0.192. The number of benzene rings is 4. The average Bonchev–Trinajstić information content (AvgIpc) is 2.58. The van der Waals surface area contributed by atoms with Crippen molar-refractivity contribution in [3.05, 3.63) is 60.2 Å². The quantitative estimate of drug-likeness (QED) is 0.256. The van der Waals surface area contributed by atoms with Gasteiger partial charge in [0.05, 0.1) is 0 Å². The van der Waals surface area contributed by atoms with Crippen LogP contribution >= 0.6 is 0 Å². The van der Waals surface area contributed by atoms with Gasteiger partial charge in [-0.25, -0.2) is 10.6 Å². The van der Waals surface area contributed by atoms with E-state index in [0.717, 1.165) is 10.9 Å². The fourth-order valence-corrected chi connectivity index (χ4v) is 3.11. The second-order valence-corrected chi connectivity index (χ2v) is 5.30. The molecule has 0 fully saturated rings. The molecule has 108 valence electrons. The number of hydrogen-bond donors (Lipinski definition) is 2. The summed E-state index contributed by atoms with van der Waals surface area (Å²) in [6.07, 6.45) is -0.634. The Labute approximate surface area is 126 Å². The lowest BCUT2D eigenvalue weighted by molar-refractivity contribution is 0.140. The third-order valence-corrected chi connectivity index (χ3v) is 4.10. The minimum Gasteiger partial charge on any atom is -0.444 e. The van der Waals surface area contributed by atoms with Crippen LogP contribution in [-0.2, 0) is 11.3 Å². The Hall–Kier alpha value is -2.85. The number of hydrogen-bond acceptors (Lipinski definition) is 3. The smallest absolute Gasteiger partial charge is 0.421 e. The Morgan fingerprint density at radius 2 is 1.55 bits per heavy atom. The fraction of sp³-hybridized carbons (Fsp3) is 0.0556. The normalized spacial score (nSPS) is 11.3. The topological polar surface area (TPSA) is 64.3 Å². The van der Waals surface area contributed by atoms with Crippen molar-refractivity contribution in [1.29, 1.82) is 0 Å². The summed E-state index contributed by atoms with van der Waals surface area (Å²) >= 11 is 0. The van der Waals surface area contributed by atoms with Crippen LogP contribution < -0.4 is 11.3 Å². The van der Waals surface area contributed by atoms with Crippen LogP contribution in [0.15, 0.2) is 54.6 Å². The van der Waals surface area contributed by atoms with E-state index in [0.29, 0.717) is 0 Å². The summed E-state index contributed by atoms with van der Waals surface area (Å²) in [7, 11) is 0. The van der Waals surface area contributed by atoms with E-state index in [9.17, 15) is 4.79 Å². The largest absolute Gasteiger partial charge is 0.444 e. The van der Waals surface area contributed by atoms with Gasteiger partial charge in [-0.3, -0.25) is 5.43 Å². The molecular formula is C18H14N2O2. The Balaban J connectivity index is 1.98. The maximum absolute atomic E-state index is 11.2. The summed E-state index contributed by atoms with van der Waals surface area (Å²) in [4.78, 5) is 11.2. The van der Waals surface area contributed by atoms with E-state index in [4.69, 9.17) is 10.6 Å². The first-order chi connectivity index (χ1) is 10.8. The molecule has 0 saturated carbocycles. The minimum absolute atomic E-state index is 0.192. The highest BCUT2D eigenvalue weighted by molar-refractivity contribution is 6.23. The highest BCUT2D eigenvalue weighted by Crippen LogP contribution is 2.35. The first-order valence-corrected chi connectivity index (χ1v) is 7.07. The van der Waals surface area contributed by atoms with Gasteiger partial charge < -0.3 is 4.74 Å². The van der Waals surface area contributed by atoms with Gasteiger partial charge in [0, 0.05) is 0 Å². The molecule has 4 aromatic rings. The zero-order valence-corrected chi connectivity index (χ0v) is 11.8. The number of nitrogens with one attached hydrogen (secondary N) is 1. The van der Waals surface area contributed by atoms with Crippen molar-refractivity contribution >= 4 is 38.4 Å². The molecule has 0 aromatic heterocycles. The third kappa shape index (κ3) is 1.85. The molecule has 0 spiro atoms. The molecule has 4 aromatic carbocycles. The second-order valence-electron chi connectivity index (χ2n) is 5.30. The minimum atomic E-state index is -0.634. The van der Waals surface area contributed by atoms with Crippen molar-refractivity contribution in [2.24, 2.45) is 5.84 Å². The zero-order chi connectivity index (χ0) is 15.1. The summed E-state index contributed by atoms with van der Waals surface area (Å²) in [6, 6.07) is 18.8. The maximum atomic E-state index is 11.2. The molecule has 4 rings (SSSR count). The van der Waals surface area contributed by atoms with E-state index < -0.39 is 6.09 Å². The van der Waals surface area contributed by atoms with Crippen LogP contribution in [0.1, 0.15) is 5.56 Å². The van der Waals surface area contributed by atoms with Crippen LogP contribution in [0.4, 0.5) is 4.79 Å². The van der Waals surface area contributed by atoms with Crippen molar-refractivity contribution in [1.82, 2.24) is 5.43 Å². The van der Waals surface area contributed by atoms with Gasteiger partial charge in [-0.05, 0) is 37.9 Å². The van der Waals surface area contributed by atoms with Gasteiger partial charge in [0.2, 0.25) is 0 Å². The standard InChI is InChI=1S/C18H14N2O2/c19-20-18(21)22-10-14-7-6-13-5-4-11-2-1-3-12-8-9-15(14)17(13)16(11)12/h1-9H,10,19H2,(H,20,21). The summed E-state index contributed by atoms with van der Waals surface area (Å²) < 4.78 is 5.09. The number of carbonyl (C=O) groups excluding carboxylic acids is 1. The molecule has 0 unspecified atom stereocenters. The van der Waals surface area contributed by atoms with Crippen LogP contribution in [0.5, 0.6) is 0 Å². The van der Waals surface area contributed by atoms with Crippen LogP contribution in [0.3, 0.4) is 0 Å². The molecule has 3 N–H and O–H groups in total. The van der Waals surface area contributed by atoms with E-state index in [2.05, 4.69) is 48.5 Å². The zero-order valence-electron chi connectivity index (χ0n) is 11.8. The number of ether oxygens (including phenoxy) is 1. The molecule has 0 bridgehead atoms. The van der Waals surface area contributed by atoms with Crippen LogP contribution in [-0.4, -0.2) is 6.09 Å². The van der Waals surface area contributed by atoms with E-state index in [1.807, 2.05) is 11.5 Å². The lowest BCUT2D eigenvalue weighted by atomic mass is 9.92. The van der Waals surface area contributed by atoms with Crippen LogP contribution in [0.2, 0.25) is 0 Å². The third-order valence-electron chi connectivity index (χ3n) is 4.10. The maximum Gasteiger partial charge on any atom is 0.421 e. The summed E-state index contributed by atoms with van der Waals surface area (Å²) in [5.41, 5.74) is 2.94. The molecule has 0 aliphatic carbocycles. The van der Waals surface area contributed by atoms with Crippen molar-refractivity contribution in [3.63, 3.8) is 0 Å². The van der Waals surface area contributed by atoms with E-state index >= 15 is 0 Å². The predicted molar refractivity (Wildman–Crippen MR) is 87.7 cm³/mol. The Morgan fingerprint density at radius 1 is 0.909 bits per heavy atom. The molecule has 0 aliphatic heterocycles. The van der Waals surface area contributed by atoms with E-state index in [1.165, 1.54) is 26.9 Å². The van der Waals surface area contributed by atoms with Crippen molar-refractivity contribution in [2.45, 2.75) is 6.61 Å². The van der Waals surface area contributed by atoms with Crippen molar-refractivity contribution in [3.8, 4) is 0 Å². The van der Waals surface area contributed by atoms with E-state index in [1.54, 1.807) is 0 Å². The monoisotopic (exact) mass is 290 g/mol. The molecule has 4 heteroatoms. The molecule has 0 heterocycles. The van der Waals surface area contributed by atoms with Gasteiger partial charge >= 0.3 is 6.09 Å². The lowest BCUT2D eigenvalue weighted by Gasteiger charge is -2.13. The van der Waals surface area contributed by atoms with Gasteiger partial charge in [0.25, 0.3) is 0 Å². The molecule has 0 atom stereocenters. The highest BCUT2D eigenvalue weighted by atomic mass is 16.5. The predicted octanol–water partition coefficient (Wildman–Crippen LogP) is 3.68. The number of hydrazine groups is 1. The second kappa shape index (κ2) is 4.86. The first kappa shape index (κ1) is 12.9. The molecule has 22 heavy (non-hydrogen) atoms. The van der Waals surface area contributed by atoms with Gasteiger partial charge in [0.15, 0.2) is 0 Å². The van der Waals surface area contributed by atoms with Crippen LogP contribution in [0.25, 0.3) is 32.3 Å². The number of carbonyl (C=O) groups is 1. The number of rotatable bonds is 2. The van der Waals surface area contributed by atoms with Gasteiger partial charge in [-0.1, -0.05) is 54.6 Å². The molecule has 0 saturated heterocycles. The average molecular weight is 290 g/mol.